The molecule has 0 unspecified atom stereocenters. The molecule has 0 bridgehead atoms. The first kappa shape index (κ1) is 10.7. The average molecular weight is 323 g/mol. The van der Waals surface area contributed by atoms with Gasteiger partial charge in [-0.1, -0.05) is 12.8 Å². The van der Waals surface area contributed by atoms with Crippen LogP contribution in [0.1, 0.15) is 31.4 Å². The monoisotopic (exact) mass is 321 g/mol. The van der Waals surface area contributed by atoms with Crippen LogP contribution in [0.5, 0.6) is 0 Å². The molecule has 0 radical (unpaired) electrons. The van der Waals surface area contributed by atoms with E-state index in [-0.39, 0.29) is 0 Å². The van der Waals surface area contributed by atoms with E-state index in [1.807, 2.05) is 6.07 Å². The molecule has 1 aliphatic rings. The van der Waals surface area contributed by atoms with Crippen molar-refractivity contribution in [2.45, 2.75) is 38.3 Å². The van der Waals surface area contributed by atoms with Crippen LogP contribution in [0.3, 0.4) is 0 Å². The van der Waals surface area contributed by atoms with Crippen molar-refractivity contribution in [3.8, 4) is 0 Å². The zero-order chi connectivity index (χ0) is 9.97. The summed E-state index contributed by atoms with van der Waals surface area (Å²) in [6, 6.07) is 2.70. The molecular weight excluding hydrogens is 310 g/mol. The highest BCUT2D eigenvalue weighted by Crippen LogP contribution is 2.27. The second-order valence-electron chi connectivity index (χ2n) is 3.70. The summed E-state index contributed by atoms with van der Waals surface area (Å²) in [6.07, 6.45) is 5.35. The van der Waals surface area contributed by atoms with Crippen molar-refractivity contribution in [1.82, 2.24) is 5.32 Å². The molecule has 0 spiro atoms. The fourth-order valence-corrected chi connectivity index (χ4v) is 2.51. The van der Waals surface area contributed by atoms with Gasteiger partial charge in [0, 0.05) is 6.04 Å². The number of nitrogens with one attached hydrogen (secondary N) is 1. The van der Waals surface area contributed by atoms with Gasteiger partial charge in [0.2, 0.25) is 0 Å². The van der Waals surface area contributed by atoms with Crippen LogP contribution < -0.4 is 5.32 Å². The van der Waals surface area contributed by atoms with Gasteiger partial charge in [0.1, 0.15) is 5.76 Å². The van der Waals surface area contributed by atoms with Gasteiger partial charge in [-0.3, -0.25) is 0 Å². The second-order valence-corrected chi connectivity index (χ2v) is 5.27. The van der Waals surface area contributed by atoms with Crippen LogP contribution in [-0.4, -0.2) is 6.04 Å². The normalized spacial score (nSPS) is 17.9. The average Bonchev–Trinajstić information content (AvgIpc) is 2.74. The largest absolute Gasteiger partial charge is 0.452 e. The summed E-state index contributed by atoms with van der Waals surface area (Å²) in [7, 11) is 0. The zero-order valence-corrected chi connectivity index (χ0v) is 11.0. The van der Waals surface area contributed by atoms with Gasteiger partial charge in [0.25, 0.3) is 0 Å². The van der Waals surface area contributed by atoms with Crippen LogP contribution in [0.2, 0.25) is 0 Å². The topological polar surface area (TPSA) is 25.2 Å². The summed E-state index contributed by atoms with van der Waals surface area (Å²) < 4.78 is 7.25. The minimum atomic E-state index is 0.692. The molecule has 0 amide bonds. The quantitative estimate of drug-likeness (QED) is 0.914. The summed E-state index contributed by atoms with van der Waals surface area (Å²) in [5.41, 5.74) is 0. The lowest BCUT2D eigenvalue weighted by atomic mass is 10.2. The Balaban J connectivity index is 1.85. The van der Waals surface area contributed by atoms with Crippen LogP contribution in [0.15, 0.2) is 19.6 Å². The molecule has 1 saturated carbocycles. The Kier molecular flexibility index (Phi) is 3.68. The third-order valence-corrected chi connectivity index (χ3v) is 4.33. The minimum absolute atomic E-state index is 0.692. The highest BCUT2D eigenvalue weighted by molar-refractivity contribution is 9.13. The lowest BCUT2D eigenvalue weighted by Crippen LogP contribution is -2.24. The highest BCUT2D eigenvalue weighted by Gasteiger charge is 2.15. The Hall–Kier alpha value is 0.200. The summed E-state index contributed by atoms with van der Waals surface area (Å²) in [6.45, 7) is 0.828. The predicted molar refractivity (Wildman–Crippen MR) is 63.2 cm³/mol. The SMILES string of the molecule is Brc1cc(CNC2CCCC2)oc1Br. The number of halogens is 2. The van der Waals surface area contributed by atoms with Gasteiger partial charge in [-0.25, -0.2) is 0 Å². The Bertz CT molecular complexity index is 286. The molecule has 78 valence electrons. The van der Waals surface area contributed by atoms with Crippen molar-refractivity contribution >= 4 is 31.9 Å². The standard InChI is InChI=1S/C10H13Br2NO/c11-9-5-8(14-10(9)12)6-13-7-3-1-2-4-7/h5,7,13H,1-4,6H2. The number of rotatable bonds is 3. The summed E-state index contributed by atoms with van der Waals surface area (Å²) in [4.78, 5) is 0. The van der Waals surface area contributed by atoms with E-state index in [0.29, 0.717) is 6.04 Å². The second kappa shape index (κ2) is 4.81. The first-order chi connectivity index (χ1) is 6.75. The van der Waals surface area contributed by atoms with Crippen molar-refractivity contribution in [3.63, 3.8) is 0 Å². The van der Waals surface area contributed by atoms with Crippen molar-refractivity contribution in [2.75, 3.05) is 0 Å². The maximum Gasteiger partial charge on any atom is 0.183 e. The van der Waals surface area contributed by atoms with Gasteiger partial charge in [-0.2, -0.15) is 0 Å². The Morgan fingerprint density at radius 1 is 1.36 bits per heavy atom. The van der Waals surface area contributed by atoms with E-state index in [2.05, 4.69) is 37.2 Å². The van der Waals surface area contributed by atoms with Crippen molar-refractivity contribution < 1.29 is 4.42 Å². The Morgan fingerprint density at radius 2 is 2.07 bits per heavy atom. The van der Waals surface area contributed by atoms with E-state index in [1.54, 1.807) is 0 Å². The molecule has 1 fully saturated rings. The smallest absolute Gasteiger partial charge is 0.183 e. The van der Waals surface area contributed by atoms with Gasteiger partial charge >= 0.3 is 0 Å². The van der Waals surface area contributed by atoms with Crippen molar-refractivity contribution in [1.29, 1.82) is 0 Å². The molecule has 1 aromatic rings. The van der Waals surface area contributed by atoms with E-state index >= 15 is 0 Å². The maximum atomic E-state index is 5.48. The summed E-state index contributed by atoms with van der Waals surface area (Å²) in [5.74, 6) is 0.982. The molecule has 1 aromatic heterocycles. The summed E-state index contributed by atoms with van der Waals surface area (Å²) >= 11 is 6.73. The van der Waals surface area contributed by atoms with Crippen LogP contribution in [-0.2, 0) is 6.54 Å². The highest BCUT2D eigenvalue weighted by atomic mass is 79.9. The fourth-order valence-electron chi connectivity index (χ4n) is 1.85. The van der Waals surface area contributed by atoms with E-state index in [0.717, 1.165) is 21.4 Å². The zero-order valence-electron chi connectivity index (χ0n) is 7.85. The minimum Gasteiger partial charge on any atom is -0.452 e. The van der Waals surface area contributed by atoms with Crippen molar-refractivity contribution in [3.05, 3.63) is 21.0 Å². The van der Waals surface area contributed by atoms with Crippen LogP contribution in [0.4, 0.5) is 0 Å². The van der Waals surface area contributed by atoms with Crippen molar-refractivity contribution in [2.24, 2.45) is 0 Å². The van der Waals surface area contributed by atoms with Gasteiger partial charge in [0.15, 0.2) is 4.67 Å². The lowest BCUT2D eigenvalue weighted by Gasteiger charge is -2.09. The third-order valence-electron chi connectivity index (χ3n) is 2.62. The van der Waals surface area contributed by atoms with Crippen LogP contribution in [0, 0.1) is 0 Å². The number of furan rings is 1. The first-order valence-electron chi connectivity index (χ1n) is 4.93. The van der Waals surface area contributed by atoms with E-state index in [4.69, 9.17) is 4.42 Å². The molecule has 14 heavy (non-hydrogen) atoms. The fraction of sp³-hybridized carbons (Fsp3) is 0.600. The molecule has 1 heterocycles. The van der Waals surface area contributed by atoms with Gasteiger partial charge < -0.3 is 9.73 Å². The van der Waals surface area contributed by atoms with Gasteiger partial charge in [-0.05, 0) is 50.8 Å². The molecule has 2 rings (SSSR count). The molecule has 0 atom stereocenters. The van der Waals surface area contributed by atoms with Gasteiger partial charge in [0.05, 0.1) is 11.0 Å². The molecule has 1 N–H and O–H groups in total. The first-order valence-corrected chi connectivity index (χ1v) is 6.51. The maximum absolute atomic E-state index is 5.48. The van der Waals surface area contributed by atoms with Gasteiger partial charge in [-0.15, -0.1) is 0 Å². The summed E-state index contributed by atoms with van der Waals surface area (Å²) in [5, 5.41) is 3.50. The molecule has 0 aromatic carbocycles. The lowest BCUT2D eigenvalue weighted by molar-refractivity contribution is 0.434. The molecule has 1 aliphatic carbocycles. The third kappa shape index (κ3) is 2.61. The van der Waals surface area contributed by atoms with Crippen LogP contribution >= 0.6 is 31.9 Å². The molecule has 4 heteroatoms. The van der Waals surface area contributed by atoms with Crippen LogP contribution in [0.25, 0.3) is 0 Å². The number of hydrogen-bond acceptors (Lipinski definition) is 2. The Morgan fingerprint density at radius 3 is 2.64 bits per heavy atom. The molecule has 2 nitrogen and oxygen atoms in total. The predicted octanol–water partition coefficient (Wildman–Crippen LogP) is 3.84. The Labute approximate surface area is 101 Å². The van der Waals surface area contributed by atoms with E-state index in [9.17, 15) is 0 Å². The molecule has 0 saturated heterocycles. The molecular formula is C10H13Br2NO. The molecule has 0 aliphatic heterocycles. The van der Waals surface area contributed by atoms with E-state index < -0.39 is 0 Å². The van der Waals surface area contributed by atoms with E-state index in [1.165, 1.54) is 25.7 Å². The number of hydrogen-bond donors (Lipinski definition) is 1.